The fraction of sp³-hybridized carbons (Fsp3) is 0.700. The van der Waals surface area contributed by atoms with Gasteiger partial charge in [-0.2, -0.15) is 5.10 Å². The Morgan fingerprint density at radius 3 is 2.80 bits per heavy atom. The van der Waals surface area contributed by atoms with Gasteiger partial charge in [0.1, 0.15) is 12.1 Å². The second kappa shape index (κ2) is 4.53. The fourth-order valence-electron chi connectivity index (χ4n) is 1.91. The van der Waals surface area contributed by atoms with Gasteiger partial charge in [-0.15, -0.1) is 0 Å². The molecule has 1 aromatic heterocycles. The van der Waals surface area contributed by atoms with E-state index in [2.05, 4.69) is 20.1 Å². The first-order chi connectivity index (χ1) is 7.28. The highest BCUT2D eigenvalue weighted by Gasteiger charge is 2.19. The van der Waals surface area contributed by atoms with E-state index in [0.29, 0.717) is 0 Å². The summed E-state index contributed by atoms with van der Waals surface area (Å²) in [6, 6.07) is 0. The average molecular weight is 208 g/mol. The topological polar surface area (TPSA) is 61.9 Å². The maximum absolute atomic E-state index is 10.6. The van der Waals surface area contributed by atoms with E-state index < -0.39 is 0 Å². The molecule has 15 heavy (non-hydrogen) atoms. The number of nitrogens with zero attached hydrogens (tertiary/aromatic N) is 3. The van der Waals surface area contributed by atoms with E-state index in [1.807, 2.05) is 6.92 Å². The SMILES string of the molecule is Cc1nc(CN2CCC(C=O)CC2)n[nH]1. The van der Waals surface area contributed by atoms with Crippen LogP contribution in [0.2, 0.25) is 0 Å². The van der Waals surface area contributed by atoms with E-state index >= 15 is 0 Å². The number of rotatable bonds is 3. The lowest BCUT2D eigenvalue weighted by Crippen LogP contribution is -2.33. The highest BCUT2D eigenvalue weighted by atomic mass is 16.1. The number of likely N-dealkylation sites (tertiary alicyclic amines) is 1. The van der Waals surface area contributed by atoms with Crippen LogP contribution in [-0.4, -0.2) is 39.5 Å². The summed E-state index contributed by atoms with van der Waals surface area (Å²) in [7, 11) is 0. The number of aryl methyl sites for hydroxylation is 1. The monoisotopic (exact) mass is 208 g/mol. The van der Waals surface area contributed by atoms with Crippen LogP contribution in [0.3, 0.4) is 0 Å². The third-order valence-electron chi connectivity index (χ3n) is 2.83. The summed E-state index contributed by atoms with van der Waals surface area (Å²) >= 11 is 0. The van der Waals surface area contributed by atoms with Crippen molar-refractivity contribution in [1.29, 1.82) is 0 Å². The van der Waals surface area contributed by atoms with E-state index in [9.17, 15) is 4.79 Å². The zero-order valence-corrected chi connectivity index (χ0v) is 8.94. The molecular weight excluding hydrogens is 192 g/mol. The van der Waals surface area contributed by atoms with Gasteiger partial charge in [-0.1, -0.05) is 0 Å². The molecule has 0 radical (unpaired) electrons. The molecule has 1 saturated heterocycles. The van der Waals surface area contributed by atoms with Gasteiger partial charge >= 0.3 is 0 Å². The molecule has 0 bridgehead atoms. The van der Waals surface area contributed by atoms with Crippen molar-refractivity contribution in [2.75, 3.05) is 13.1 Å². The zero-order valence-electron chi connectivity index (χ0n) is 8.94. The molecule has 0 unspecified atom stereocenters. The van der Waals surface area contributed by atoms with Crippen LogP contribution in [0, 0.1) is 12.8 Å². The van der Waals surface area contributed by atoms with Crippen molar-refractivity contribution in [2.45, 2.75) is 26.3 Å². The smallest absolute Gasteiger partial charge is 0.164 e. The Morgan fingerprint density at radius 1 is 1.53 bits per heavy atom. The first kappa shape index (κ1) is 10.3. The van der Waals surface area contributed by atoms with Crippen LogP contribution in [0.5, 0.6) is 0 Å². The molecule has 2 rings (SSSR count). The molecule has 0 amide bonds. The van der Waals surface area contributed by atoms with Crippen LogP contribution in [0.1, 0.15) is 24.5 Å². The number of aromatic amines is 1. The average Bonchev–Trinajstić information content (AvgIpc) is 2.65. The van der Waals surface area contributed by atoms with Gasteiger partial charge in [0.2, 0.25) is 0 Å². The van der Waals surface area contributed by atoms with Gasteiger partial charge in [0.05, 0.1) is 6.54 Å². The Kier molecular flexibility index (Phi) is 3.11. The molecule has 5 heteroatoms. The molecule has 0 aromatic carbocycles. The number of hydrogen-bond acceptors (Lipinski definition) is 4. The minimum atomic E-state index is 0.259. The Hall–Kier alpha value is -1.23. The number of carbonyl (C=O) groups is 1. The predicted molar refractivity (Wildman–Crippen MR) is 55.2 cm³/mol. The molecule has 1 aliphatic rings. The highest BCUT2D eigenvalue weighted by Crippen LogP contribution is 2.15. The summed E-state index contributed by atoms with van der Waals surface area (Å²) in [6.45, 7) is 4.62. The third kappa shape index (κ3) is 2.62. The molecule has 1 aromatic rings. The molecule has 1 aliphatic heterocycles. The molecule has 82 valence electrons. The largest absolute Gasteiger partial charge is 0.303 e. The van der Waals surface area contributed by atoms with Crippen molar-refractivity contribution in [1.82, 2.24) is 20.1 Å². The van der Waals surface area contributed by atoms with Crippen molar-refractivity contribution in [3.8, 4) is 0 Å². The van der Waals surface area contributed by atoms with E-state index in [0.717, 1.165) is 50.4 Å². The number of hydrogen-bond donors (Lipinski definition) is 1. The lowest BCUT2D eigenvalue weighted by molar-refractivity contribution is -0.112. The van der Waals surface area contributed by atoms with Gasteiger partial charge in [0.25, 0.3) is 0 Å². The van der Waals surface area contributed by atoms with Gasteiger partial charge in [-0.05, 0) is 32.9 Å². The maximum atomic E-state index is 10.6. The Bertz CT molecular complexity index is 328. The Labute approximate surface area is 88.9 Å². The molecule has 0 aliphatic carbocycles. The number of piperidine rings is 1. The predicted octanol–water partition coefficient (Wildman–Crippen LogP) is 0.524. The fourth-order valence-corrected chi connectivity index (χ4v) is 1.91. The first-order valence-electron chi connectivity index (χ1n) is 5.33. The number of nitrogens with one attached hydrogen (secondary N) is 1. The van der Waals surface area contributed by atoms with E-state index in [1.165, 1.54) is 0 Å². The van der Waals surface area contributed by atoms with Gasteiger partial charge in [0, 0.05) is 5.92 Å². The summed E-state index contributed by atoms with van der Waals surface area (Å²) in [6.07, 6.45) is 3.01. The third-order valence-corrected chi connectivity index (χ3v) is 2.83. The molecule has 0 saturated carbocycles. The zero-order chi connectivity index (χ0) is 10.7. The molecular formula is C10H16N4O. The minimum Gasteiger partial charge on any atom is -0.303 e. The molecule has 1 N–H and O–H groups in total. The van der Waals surface area contributed by atoms with Crippen LogP contribution < -0.4 is 0 Å². The number of aromatic nitrogens is 3. The first-order valence-corrected chi connectivity index (χ1v) is 5.33. The van der Waals surface area contributed by atoms with Crippen LogP contribution >= 0.6 is 0 Å². The molecule has 0 spiro atoms. The van der Waals surface area contributed by atoms with E-state index in [4.69, 9.17) is 0 Å². The van der Waals surface area contributed by atoms with Crippen LogP contribution in [0.4, 0.5) is 0 Å². The molecule has 0 atom stereocenters. The van der Waals surface area contributed by atoms with E-state index in [-0.39, 0.29) is 5.92 Å². The number of H-pyrrole nitrogens is 1. The van der Waals surface area contributed by atoms with E-state index in [1.54, 1.807) is 0 Å². The number of aldehydes is 1. The van der Waals surface area contributed by atoms with Crippen molar-refractivity contribution in [3.63, 3.8) is 0 Å². The number of carbonyl (C=O) groups excluding carboxylic acids is 1. The molecule has 2 heterocycles. The Balaban J connectivity index is 1.84. The highest BCUT2D eigenvalue weighted by molar-refractivity contribution is 5.53. The standard InChI is InChI=1S/C10H16N4O/c1-8-11-10(13-12-8)6-14-4-2-9(7-15)3-5-14/h7,9H,2-6H2,1H3,(H,11,12,13). The summed E-state index contributed by atoms with van der Waals surface area (Å²) in [5.74, 6) is 1.96. The second-order valence-corrected chi connectivity index (χ2v) is 4.09. The van der Waals surface area contributed by atoms with Crippen molar-refractivity contribution in [2.24, 2.45) is 5.92 Å². The normalized spacial score (nSPS) is 19.3. The summed E-state index contributed by atoms with van der Waals surface area (Å²) in [5.41, 5.74) is 0. The summed E-state index contributed by atoms with van der Waals surface area (Å²) in [4.78, 5) is 17.1. The van der Waals surface area contributed by atoms with Crippen molar-refractivity contribution in [3.05, 3.63) is 11.6 Å². The van der Waals surface area contributed by atoms with Crippen molar-refractivity contribution < 1.29 is 4.79 Å². The van der Waals surface area contributed by atoms with Crippen molar-refractivity contribution >= 4 is 6.29 Å². The van der Waals surface area contributed by atoms with Crippen LogP contribution in [-0.2, 0) is 11.3 Å². The quantitative estimate of drug-likeness (QED) is 0.736. The lowest BCUT2D eigenvalue weighted by Gasteiger charge is -2.28. The Morgan fingerprint density at radius 2 is 2.27 bits per heavy atom. The van der Waals surface area contributed by atoms with Gasteiger partial charge in [-0.3, -0.25) is 10.00 Å². The summed E-state index contributed by atoms with van der Waals surface area (Å²) < 4.78 is 0. The van der Waals surface area contributed by atoms with Gasteiger partial charge < -0.3 is 4.79 Å². The minimum absolute atomic E-state index is 0.259. The van der Waals surface area contributed by atoms with Crippen LogP contribution in [0.15, 0.2) is 0 Å². The maximum Gasteiger partial charge on any atom is 0.164 e. The van der Waals surface area contributed by atoms with Gasteiger partial charge in [-0.25, -0.2) is 4.98 Å². The molecule has 5 nitrogen and oxygen atoms in total. The lowest BCUT2D eigenvalue weighted by atomic mass is 9.99. The molecule has 1 fully saturated rings. The second-order valence-electron chi connectivity index (χ2n) is 4.09. The van der Waals surface area contributed by atoms with Crippen LogP contribution in [0.25, 0.3) is 0 Å². The van der Waals surface area contributed by atoms with Gasteiger partial charge in [0.15, 0.2) is 5.82 Å². The summed E-state index contributed by atoms with van der Waals surface area (Å²) in [5, 5.41) is 6.94.